The van der Waals surface area contributed by atoms with Crippen LogP contribution in [-0.4, -0.2) is 11.4 Å². The van der Waals surface area contributed by atoms with Gasteiger partial charge in [-0.25, -0.2) is 0 Å². The van der Waals surface area contributed by atoms with Gasteiger partial charge in [-0.3, -0.25) is 10.1 Å². The van der Waals surface area contributed by atoms with Crippen molar-refractivity contribution in [3.63, 3.8) is 0 Å². The minimum Gasteiger partial charge on any atom is -0.367 e. The van der Waals surface area contributed by atoms with Crippen molar-refractivity contribution in [3.05, 3.63) is 29.8 Å². The third-order valence-electron chi connectivity index (χ3n) is 3.34. The van der Waals surface area contributed by atoms with E-state index in [1.165, 1.54) is 11.3 Å². The van der Waals surface area contributed by atoms with Gasteiger partial charge >= 0.3 is 0 Å². The fourth-order valence-electron chi connectivity index (χ4n) is 2.49. The fourth-order valence-corrected chi connectivity index (χ4v) is 2.49. The van der Waals surface area contributed by atoms with Crippen LogP contribution in [0.25, 0.3) is 0 Å². The van der Waals surface area contributed by atoms with Gasteiger partial charge in [-0.2, -0.15) is 0 Å². The molecule has 0 amide bonds. The zero-order chi connectivity index (χ0) is 10.3. The van der Waals surface area contributed by atoms with Crippen LogP contribution in [0.4, 0.5) is 5.69 Å². The first kappa shape index (κ1) is 8.92. The molecule has 3 rings (SSSR count). The Balaban J connectivity index is 1.92. The molecule has 78 valence electrons. The number of hydrogen-bond acceptors (Lipinski definition) is 3. The van der Waals surface area contributed by atoms with E-state index in [1.54, 1.807) is 0 Å². The van der Waals surface area contributed by atoms with E-state index in [0.717, 1.165) is 13.0 Å². The van der Waals surface area contributed by atoms with Crippen molar-refractivity contribution in [2.24, 2.45) is 0 Å². The maximum absolute atomic E-state index is 11.3. The molecule has 1 aliphatic heterocycles. The van der Waals surface area contributed by atoms with Crippen molar-refractivity contribution in [3.8, 4) is 0 Å². The number of para-hydroxylation sites is 1. The molecule has 1 saturated carbocycles. The van der Waals surface area contributed by atoms with Crippen LogP contribution in [0.3, 0.4) is 0 Å². The number of nitrogens with one attached hydrogen (secondary N) is 2. The molecular formula is C12H14N2O. The minimum absolute atomic E-state index is 0.161. The van der Waals surface area contributed by atoms with Gasteiger partial charge in [-0.1, -0.05) is 18.2 Å². The van der Waals surface area contributed by atoms with Gasteiger partial charge in [0.25, 0.3) is 0 Å². The molecule has 3 heteroatoms. The lowest BCUT2D eigenvalue weighted by Crippen LogP contribution is -2.52. The molecule has 2 N–H and O–H groups in total. The number of carbonyl (C=O) groups excluding carboxylic acids is 1. The van der Waals surface area contributed by atoms with Gasteiger partial charge in [0.2, 0.25) is 0 Å². The lowest BCUT2D eigenvalue weighted by molar-refractivity contribution is -0.117. The van der Waals surface area contributed by atoms with Crippen LogP contribution in [0.1, 0.15) is 24.8 Å². The predicted molar refractivity (Wildman–Crippen MR) is 58.5 cm³/mol. The Labute approximate surface area is 88.9 Å². The van der Waals surface area contributed by atoms with E-state index < -0.39 is 0 Å². The maximum atomic E-state index is 11.3. The number of benzene rings is 1. The summed E-state index contributed by atoms with van der Waals surface area (Å²) in [6, 6.07) is 8.27. The maximum Gasteiger partial charge on any atom is 0.136 e. The number of fused-ring (bicyclic) bond motifs is 1. The Kier molecular flexibility index (Phi) is 1.83. The van der Waals surface area contributed by atoms with Crippen molar-refractivity contribution in [2.45, 2.75) is 31.5 Å². The predicted octanol–water partition coefficient (Wildman–Crippen LogP) is 1.65. The van der Waals surface area contributed by atoms with E-state index in [4.69, 9.17) is 0 Å². The van der Waals surface area contributed by atoms with Gasteiger partial charge in [0.15, 0.2) is 0 Å². The molecule has 1 aromatic carbocycles. The molecule has 1 fully saturated rings. The highest BCUT2D eigenvalue weighted by atomic mass is 16.1. The van der Waals surface area contributed by atoms with Crippen LogP contribution in [0.5, 0.6) is 0 Å². The molecule has 1 aliphatic carbocycles. The molecule has 2 aliphatic rings. The van der Waals surface area contributed by atoms with Gasteiger partial charge in [0.1, 0.15) is 5.78 Å². The summed E-state index contributed by atoms with van der Waals surface area (Å²) in [4.78, 5) is 11.3. The smallest absolute Gasteiger partial charge is 0.136 e. The molecule has 15 heavy (non-hydrogen) atoms. The van der Waals surface area contributed by atoms with Gasteiger partial charge in [-0.15, -0.1) is 0 Å². The van der Waals surface area contributed by atoms with E-state index in [2.05, 4.69) is 22.8 Å². The van der Waals surface area contributed by atoms with Crippen molar-refractivity contribution in [1.29, 1.82) is 0 Å². The van der Waals surface area contributed by atoms with Crippen molar-refractivity contribution in [2.75, 3.05) is 5.32 Å². The second kappa shape index (κ2) is 3.07. The molecule has 1 unspecified atom stereocenters. The number of rotatable bonds is 0. The molecule has 0 radical (unpaired) electrons. The third-order valence-corrected chi connectivity index (χ3v) is 3.34. The molecule has 0 bridgehead atoms. The van der Waals surface area contributed by atoms with Crippen molar-refractivity contribution in [1.82, 2.24) is 5.32 Å². The van der Waals surface area contributed by atoms with Crippen LogP contribution in [-0.2, 0) is 11.3 Å². The third kappa shape index (κ3) is 1.43. The number of ketones is 1. The topological polar surface area (TPSA) is 41.1 Å². The van der Waals surface area contributed by atoms with Crippen LogP contribution in [0, 0.1) is 0 Å². The van der Waals surface area contributed by atoms with Gasteiger partial charge in [0, 0.05) is 25.1 Å². The highest BCUT2D eigenvalue weighted by Gasteiger charge is 2.40. The molecule has 1 atom stereocenters. The van der Waals surface area contributed by atoms with Crippen LogP contribution in [0.15, 0.2) is 24.3 Å². The van der Waals surface area contributed by atoms with Crippen molar-refractivity contribution < 1.29 is 4.79 Å². The molecule has 0 saturated heterocycles. The lowest BCUT2D eigenvalue weighted by atomic mass is 10.0. The SMILES string of the molecule is O=C1CCC2(C1)NCc1ccccc1N2. The van der Waals surface area contributed by atoms with E-state index >= 15 is 0 Å². The number of hydrogen-bond donors (Lipinski definition) is 2. The minimum atomic E-state index is -0.161. The largest absolute Gasteiger partial charge is 0.367 e. The van der Waals surface area contributed by atoms with E-state index in [1.807, 2.05) is 12.1 Å². The Morgan fingerprint density at radius 1 is 1.27 bits per heavy atom. The van der Waals surface area contributed by atoms with Crippen LogP contribution >= 0.6 is 0 Å². The fraction of sp³-hybridized carbons (Fsp3) is 0.417. The Bertz CT molecular complexity index is 416. The highest BCUT2D eigenvalue weighted by molar-refractivity contribution is 5.83. The average Bonchev–Trinajstić information content (AvgIpc) is 2.60. The summed E-state index contributed by atoms with van der Waals surface area (Å²) in [5.41, 5.74) is 2.29. The Morgan fingerprint density at radius 3 is 2.93 bits per heavy atom. The van der Waals surface area contributed by atoms with Crippen molar-refractivity contribution >= 4 is 11.5 Å². The summed E-state index contributed by atoms with van der Waals surface area (Å²) in [6.45, 7) is 0.858. The summed E-state index contributed by atoms with van der Waals surface area (Å²) >= 11 is 0. The zero-order valence-corrected chi connectivity index (χ0v) is 8.55. The Hall–Kier alpha value is -1.35. The summed E-state index contributed by atoms with van der Waals surface area (Å²) < 4.78 is 0. The molecule has 1 spiro atoms. The number of anilines is 1. The molecule has 0 aromatic heterocycles. The zero-order valence-electron chi connectivity index (χ0n) is 8.55. The number of carbonyl (C=O) groups is 1. The molecular weight excluding hydrogens is 188 g/mol. The molecule has 1 aromatic rings. The summed E-state index contributed by atoms with van der Waals surface area (Å²) in [5, 5.41) is 6.92. The molecule has 1 heterocycles. The van der Waals surface area contributed by atoms with E-state index in [9.17, 15) is 4.79 Å². The van der Waals surface area contributed by atoms with Gasteiger partial charge in [0.05, 0.1) is 5.66 Å². The summed E-state index contributed by atoms with van der Waals surface area (Å²) in [6.07, 6.45) is 2.21. The van der Waals surface area contributed by atoms with E-state index in [-0.39, 0.29) is 5.66 Å². The van der Waals surface area contributed by atoms with Gasteiger partial charge < -0.3 is 5.32 Å². The second-order valence-corrected chi connectivity index (χ2v) is 4.43. The van der Waals surface area contributed by atoms with Gasteiger partial charge in [-0.05, 0) is 18.1 Å². The van der Waals surface area contributed by atoms with Crippen LogP contribution in [0.2, 0.25) is 0 Å². The summed E-state index contributed by atoms with van der Waals surface area (Å²) in [7, 11) is 0. The standard InChI is InChI=1S/C12H14N2O/c15-10-5-6-12(7-10)13-8-9-3-1-2-4-11(9)14-12/h1-4,13-14H,5-8H2. The first-order chi connectivity index (χ1) is 7.27. The quantitative estimate of drug-likeness (QED) is 0.672. The first-order valence-corrected chi connectivity index (χ1v) is 5.40. The highest BCUT2D eigenvalue weighted by Crippen LogP contribution is 2.33. The average molecular weight is 202 g/mol. The first-order valence-electron chi connectivity index (χ1n) is 5.40. The normalized spacial score (nSPS) is 28.9. The monoisotopic (exact) mass is 202 g/mol. The molecule has 3 nitrogen and oxygen atoms in total. The van der Waals surface area contributed by atoms with E-state index in [0.29, 0.717) is 18.6 Å². The second-order valence-electron chi connectivity index (χ2n) is 4.43. The summed E-state index contributed by atoms with van der Waals surface area (Å²) in [5.74, 6) is 0.356. The lowest BCUT2D eigenvalue weighted by Gasteiger charge is -2.37. The number of Topliss-reactive ketones (excluding diaryl/α,β-unsaturated/α-hetero) is 1. The Morgan fingerprint density at radius 2 is 2.13 bits per heavy atom. The van der Waals surface area contributed by atoms with Crippen LogP contribution < -0.4 is 10.6 Å².